The molecule has 0 N–H and O–H groups in total. The number of hydrogen-bond acceptors (Lipinski definition) is 5. The van der Waals surface area contributed by atoms with E-state index in [-0.39, 0.29) is 23.7 Å². The zero-order valence-electron chi connectivity index (χ0n) is 18.9. The van der Waals surface area contributed by atoms with E-state index in [2.05, 4.69) is 6.92 Å². The molecule has 0 radical (unpaired) electrons. The normalized spacial score (nSPS) is 18.6. The number of amides is 1. The molecule has 1 aromatic heterocycles. The van der Waals surface area contributed by atoms with Gasteiger partial charge in [-0.1, -0.05) is 31.2 Å². The lowest BCUT2D eigenvalue weighted by atomic mass is 9.82. The van der Waals surface area contributed by atoms with Crippen molar-refractivity contribution in [3.05, 3.63) is 40.8 Å². The predicted octanol–water partition coefficient (Wildman–Crippen LogP) is 5.97. The zero-order valence-corrected chi connectivity index (χ0v) is 19.8. The lowest BCUT2D eigenvalue weighted by Crippen LogP contribution is -2.42. The van der Waals surface area contributed by atoms with Gasteiger partial charge in [0.05, 0.1) is 12.8 Å². The highest BCUT2D eigenvalue weighted by molar-refractivity contribution is 7.18. The molecule has 1 fully saturated rings. The summed E-state index contributed by atoms with van der Waals surface area (Å²) in [6.45, 7) is 7.72. The molecule has 1 aliphatic rings. The highest BCUT2D eigenvalue weighted by Crippen LogP contribution is 2.40. The van der Waals surface area contributed by atoms with E-state index in [0.29, 0.717) is 22.0 Å². The number of anilines is 1. The Labute approximate surface area is 188 Å². The van der Waals surface area contributed by atoms with Gasteiger partial charge in [0, 0.05) is 22.4 Å². The number of esters is 1. The average Bonchev–Trinajstić information content (AvgIpc) is 3.18. The fraction of sp³-hybridized carbons (Fsp3) is 0.480. The number of rotatable bonds is 6. The second kappa shape index (κ2) is 9.77. The molecule has 1 amide bonds. The first-order valence-electron chi connectivity index (χ1n) is 10.9. The molecule has 1 aliphatic carbocycles. The molecule has 1 heterocycles. The summed E-state index contributed by atoms with van der Waals surface area (Å²) in [5.41, 5.74) is 2.15. The largest absolute Gasteiger partial charge is 0.465 e. The van der Waals surface area contributed by atoms with Gasteiger partial charge in [-0.3, -0.25) is 9.59 Å². The molecule has 3 rings (SSSR count). The van der Waals surface area contributed by atoms with Gasteiger partial charge >= 0.3 is 5.97 Å². The van der Waals surface area contributed by atoms with Crippen LogP contribution in [0.3, 0.4) is 0 Å². The molecule has 166 valence electrons. The maximum Gasteiger partial charge on any atom is 0.350 e. The van der Waals surface area contributed by atoms with E-state index in [9.17, 15) is 14.4 Å². The van der Waals surface area contributed by atoms with Gasteiger partial charge in [0.1, 0.15) is 4.88 Å². The molecule has 0 atom stereocenters. The molecular weight excluding hydrogens is 410 g/mol. The van der Waals surface area contributed by atoms with Crippen LogP contribution >= 0.6 is 11.3 Å². The number of thiophene rings is 1. The molecule has 2 aromatic rings. The summed E-state index contributed by atoms with van der Waals surface area (Å²) in [5, 5.41) is 0. The minimum Gasteiger partial charge on any atom is -0.465 e. The first-order chi connectivity index (χ1) is 14.7. The molecule has 0 bridgehead atoms. The number of methoxy groups -OCH3 is 1. The van der Waals surface area contributed by atoms with Crippen LogP contribution in [0.2, 0.25) is 0 Å². The third kappa shape index (κ3) is 5.06. The van der Waals surface area contributed by atoms with Crippen molar-refractivity contribution in [3.8, 4) is 10.4 Å². The third-order valence-electron chi connectivity index (χ3n) is 6.04. The van der Waals surface area contributed by atoms with E-state index in [0.717, 1.165) is 36.1 Å². The number of carbonyl (C=O) groups excluding carboxylic acids is 3. The Bertz CT molecular complexity index is 952. The second-order valence-corrected chi connectivity index (χ2v) is 9.76. The lowest BCUT2D eigenvalue weighted by Gasteiger charge is -2.33. The number of benzene rings is 1. The van der Waals surface area contributed by atoms with Crippen LogP contribution in [0.25, 0.3) is 10.4 Å². The summed E-state index contributed by atoms with van der Waals surface area (Å²) in [5.74, 6) is 0.299. The zero-order chi connectivity index (χ0) is 22.7. The van der Waals surface area contributed by atoms with E-state index in [1.165, 1.54) is 25.4 Å². The summed E-state index contributed by atoms with van der Waals surface area (Å²) >= 11 is 1.32. The van der Waals surface area contributed by atoms with Crippen LogP contribution in [0.1, 0.15) is 73.4 Å². The standard InChI is InChI=1S/C25H31NO4S/c1-15(2)26(24(28)20-8-6-16(3)7-9-20)21-14-22(31-23(21)25(29)30-5)19-12-10-18(11-13-19)17(4)27/h10-16,20H,6-9H2,1-5H3. The van der Waals surface area contributed by atoms with Crippen molar-refractivity contribution in [3.63, 3.8) is 0 Å². The minimum atomic E-state index is -0.442. The van der Waals surface area contributed by atoms with Crippen molar-refractivity contribution < 1.29 is 19.1 Å². The first kappa shape index (κ1) is 23.2. The summed E-state index contributed by atoms with van der Waals surface area (Å²) in [6, 6.07) is 9.13. The molecule has 0 saturated heterocycles. The fourth-order valence-electron chi connectivity index (χ4n) is 4.17. The molecule has 0 spiro atoms. The molecule has 0 aliphatic heterocycles. The van der Waals surface area contributed by atoms with Gasteiger partial charge in [-0.15, -0.1) is 11.3 Å². The molecule has 0 unspecified atom stereocenters. The molecule has 31 heavy (non-hydrogen) atoms. The van der Waals surface area contributed by atoms with Crippen molar-refractivity contribution >= 4 is 34.7 Å². The van der Waals surface area contributed by atoms with E-state index < -0.39 is 5.97 Å². The first-order valence-corrected chi connectivity index (χ1v) is 11.7. The predicted molar refractivity (Wildman–Crippen MR) is 125 cm³/mol. The lowest BCUT2D eigenvalue weighted by molar-refractivity contribution is -0.123. The highest BCUT2D eigenvalue weighted by Gasteiger charge is 2.33. The Morgan fingerprint density at radius 1 is 1.06 bits per heavy atom. The topological polar surface area (TPSA) is 63.7 Å². The van der Waals surface area contributed by atoms with Crippen molar-refractivity contribution in [2.24, 2.45) is 11.8 Å². The Morgan fingerprint density at radius 2 is 1.68 bits per heavy atom. The monoisotopic (exact) mass is 441 g/mol. The Morgan fingerprint density at radius 3 is 2.19 bits per heavy atom. The maximum absolute atomic E-state index is 13.5. The number of hydrogen-bond donors (Lipinski definition) is 0. The molecule has 1 aromatic carbocycles. The van der Waals surface area contributed by atoms with E-state index in [1.807, 2.05) is 32.0 Å². The van der Waals surface area contributed by atoms with Crippen molar-refractivity contribution in [2.75, 3.05) is 12.0 Å². The Kier molecular flexibility index (Phi) is 7.31. The van der Waals surface area contributed by atoms with Crippen molar-refractivity contribution in [2.45, 2.75) is 59.4 Å². The van der Waals surface area contributed by atoms with E-state index in [1.54, 1.807) is 17.0 Å². The van der Waals surface area contributed by atoms with Gasteiger partial charge in [-0.2, -0.15) is 0 Å². The van der Waals surface area contributed by atoms with Crippen LogP contribution in [-0.4, -0.2) is 30.8 Å². The van der Waals surface area contributed by atoms with Gasteiger partial charge in [-0.25, -0.2) is 4.79 Å². The molecule has 6 heteroatoms. The smallest absolute Gasteiger partial charge is 0.350 e. The van der Waals surface area contributed by atoms with E-state index >= 15 is 0 Å². The minimum absolute atomic E-state index is 0.00653. The summed E-state index contributed by atoms with van der Waals surface area (Å²) in [6.07, 6.45) is 3.90. The van der Waals surface area contributed by atoms with Gasteiger partial charge in [0.15, 0.2) is 5.78 Å². The SMILES string of the molecule is COC(=O)c1sc(-c2ccc(C(C)=O)cc2)cc1N(C(=O)C1CCC(C)CC1)C(C)C. The highest BCUT2D eigenvalue weighted by atomic mass is 32.1. The van der Waals surface area contributed by atoms with Crippen LogP contribution < -0.4 is 4.90 Å². The van der Waals surface area contributed by atoms with Crippen LogP contribution in [0.4, 0.5) is 5.69 Å². The maximum atomic E-state index is 13.5. The summed E-state index contributed by atoms with van der Waals surface area (Å²) in [7, 11) is 1.36. The second-order valence-electron chi connectivity index (χ2n) is 8.71. The van der Waals surface area contributed by atoms with Crippen LogP contribution in [0.5, 0.6) is 0 Å². The number of Topliss-reactive ketones (excluding diaryl/α,β-unsaturated/α-hetero) is 1. The van der Waals surface area contributed by atoms with Gasteiger partial charge in [0.2, 0.25) is 5.91 Å². The van der Waals surface area contributed by atoms with Gasteiger partial charge in [-0.05, 0) is 64.0 Å². The third-order valence-corrected chi connectivity index (χ3v) is 7.19. The number of carbonyl (C=O) groups is 3. The van der Waals surface area contributed by atoms with Gasteiger partial charge in [0.25, 0.3) is 0 Å². The van der Waals surface area contributed by atoms with Crippen molar-refractivity contribution in [1.29, 1.82) is 0 Å². The number of ether oxygens (including phenoxy) is 1. The Hall–Kier alpha value is -2.47. The molecule has 5 nitrogen and oxygen atoms in total. The van der Waals surface area contributed by atoms with Crippen LogP contribution in [0.15, 0.2) is 30.3 Å². The Balaban J connectivity index is 2.01. The molecule has 1 saturated carbocycles. The number of ketones is 1. The molecular formula is C25H31NO4S. The summed E-state index contributed by atoms with van der Waals surface area (Å²) in [4.78, 5) is 40.8. The number of nitrogens with zero attached hydrogens (tertiary/aromatic N) is 1. The van der Waals surface area contributed by atoms with Gasteiger partial charge < -0.3 is 9.64 Å². The van der Waals surface area contributed by atoms with E-state index in [4.69, 9.17) is 4.74 Å². The quantitative estimate of drug-likeness (QED) is 0.409. The fourth-order valence-corrected chi connectivity index (χ4v) is 5.24. The van der Waals surface area contributed by atoms with Crippen molar-refractivity contribution in [1.82, 2.24) is 0 Å². The summed E-state index contributed by atoms with van der Waals surface area (Å²) < 4.78 is 5.03. The van der Waals surface area contributed by atoms with Crippen LogP contribution in [-0.2, 0) is 9.53 Å². The average molecular weight is 442 g/mol. The van der Waals surface area contributed by atoms with Crippen LogP contribution in [0, 0.1) is 11.8 Å².